The third-order valence-corrected chi connectivity index (χ3v) is 4.38. The first kappa shape index (κ1) is 16.6. The molecule has 0 saturated carbocycles. The van der Waals surface area contributed by atoms with Crippen molar-refractivity contribution in [1.82, 2.24) is 15.5 Å². The summed E-state index contributed by atoms with van der Waals surface area (Å²) in [5, 5.41) is 6.58. The third-order valence-electron chi connectivity index (χ3n) is 4.38. The van der Waals surface area contributed by atoms with Crippen LogP contribution in [0.4, 0.5) is 4.79 Å². The fourth-order valence-electron chi connectivity index (χ4n) is 3.29. The molecule has 0 spiro atoms. The Labute approximate surface area is 128 Å². The average molecular weight is 297 g/mol. The molecule has 2 aliphatic rings. The lowest BCUT2D eigenvalue weighted by Crippen LogP contribution is -2.45. The van der Waals surface area contributed by atoms with E-state index in [9.17, 15) is 4.79 Å². The molecule has 2 aliphatic heterocycles. The normalized spacial score (nSPS) is 30.0. The maximum absolute atomic E-state index is 11.7. The van der Waals surface area contributed by atoms with Gasteiger partial charge in [-0.25, -0.2) is 4.79 Å². The molecule has 0 aromatic heterocycles. The maximum Gasteiger partial charge on any atom is 0.407 e. The van der Waals surface area contributed by atoms with Crippen molar-refractivity contribution in [2.24, 2.45) is 5.92 Å². The molecule has 122 valence electrons. The molecule has 1 amide bonds. The minimum absolute atomic E-state index is 0.135. The van der Waals surface area contributed by atoms with Crippen LogP contribution < -0.4 is 10.6 Å². The predicted molar refractivity (Wildman–Crippen MR) is 84.4 cm³/mol. The number of amides is 1. The van der Waals surface area contributed by atoms with Gasteiger partial charge in [0.1, 0.15) is 5.60 Å². The fourth-order valence-corrected chi connectivity index (χ4v) is 3.29. The van der Waals surface area contributed by atoms with E-state index < -0.39 is 5.60 Å². The summed E-state index contributed by atoms with van der Waals surface area (Å²) in [6.45, 7) is 12.4. The summed E-state index contributed by atoms with van der Waals surface area (Å²) in [7, 11) is 0. The molecular weight excluding hydrogens is 266 g/mol. The number of nitrogens with zero attached hydrogens (tertiary/aromatic N) is 1. The summed E-state index contributed by atoms with van der Waals surface area (Å²) in [6.07, 6.45) is 3.22. The number of hydrogen-bond acceptors (Lipinski definition) is 4. The van der Waals surface area contributed by atoms with Crippen molar-refractivity contribution in [3.8, 4) is 0 Å². The predicted octanol–water partition coefficient (Wildman–Crippen LogP) is 1.97. The van der Waals surface area contributed by atoms with Crippen molar-refractivity contribution >= 4 is 6.09 Å². The molecule has 5 nitrogen and oxygen atoms in total. The van der Waals surface area contributed by atoms with E-state index in [1.807, 2.05) is 27.7 Å². The second-order valence-electron chi connectivity index (χ2n) is 7.53. The number of carbonyl (C=O) groups excluding carboxylic acids is 1. The zero-order valence-corrected chi connectivity index (χ0v) is 13.9. The van der Waals surface area contributed by atoms with Crippen molar-refractivity contribution in [2.45, 2.75) is 64.6 Å². The van der Waals surface area contributed by atoms with E-state index in [4.69, 9.17) is 4.74 Å². The summed E-state index contributed by atoms with van der Waals surface area (Å²) in [4.78, 5) is 14.2. The summed E-state index contributed by atoms with van der Waals surface area (Å²) in [5.41, 5.74) is -0.432. The van der Waals surface area contributed by atoms with Crippen LogP contribution in [0.3, 0.4) is 0 Å². The molecule has 5 heteroatoms. The van der Waals surface area contributed by atoms with E-state index >= 15 is 0 Å². The van der Waals surface area contributed by atoms with Crippen LogP contribution in [0.25, 0.3) is 0 Å². The van der Waals surface area contributed by atoms with Gasteiger partial charge in [0.2, 0.25) is 0 Å². The quantitative estimate of drug-likeness (QED) is 0.815. The van der Waals surface area contributed by atoms with Crippen LogP contribution in [-0.4, -0.2) is 54.9 Å². The second-order valence-corrected chi connectivity index (χ2v) is 7.53. The first-order chi connectivity index (χ1) is 9.83. The largest absolute Gasteiger partial charge is 0.444 e. The monoisotopic (exact) mass is 297 g/mol. The van der Waals surface area contributed by atoms with Crippen molar-refractivity contribution in [2.75, 3.05) is 26.2 Å². The minimum Gasteiger partial charge on any atom is -0.444 e. The Hall–Kier alpha value is -0.810. The van der Waals surface area contributed by atoms with Gasteiger partial charge in [-0.2, -0.15) is 0 Å². The van der Waals surface area contributed by atoms with Crippen LogP contribution in [0, 0.1) is 5.92 Å². The molecule has 0 aromatic rings. The first-order valence-corrected chi connectivity index (χ1v) is 8.29. The SMILES string of the molecule is CC(CCNC1CCN2CCC1C2)NC(=O)OC(C)(C)C. The van der Waals surface area contributed by atoms with Crippen LogP contribution in [0.2, 0.25) is 0 Å². The smallest absolute Gasteiger partial charge is 0.407 e. The molecule has 2 N–H and O–H groups in total. The Morgan fingerprint density at radius 3 is 2.76 bits per heavy atom. The fraction of sp³-hybridized carbons (Fsp3) is 0.938. The molecule has 2 heterocycles. The van der Waals surface area contributed by atoms with Crippen molar-refractivity contribution in [3.05, 3.63) is 0 Å². The average Bonchev–Trinajstić information content (AvgIpc) is 2.72. The van der Waals surface area contributed by atoms with Crippen LogP contribution in [0.1, 0.15) is 47.0 Å². The van der Waals surface area contributed by atoms with Crippen molar-refractivity contribution in [3.63, 3.8) is 0 Å². The molecule has 2 bridgehead atoms. The van der Waals surface area contributed by atoms with E-state index in [1.54, 1.807) is 0 Å². The lowest BCUT2D eigenvalue weighted by atomic mass is 9.94. The number of rotatable bonds is 5. The lowest BCUT2D eigenvalue weighted by Gasteiger charge is -2.31. The highest BCUT2D eigenvalue weighted by Gasteiger charge is 2.33. The van der Waals surface area contributed by atoms with Gasteiger partial charge in [-0.05, 0) is 72.5 Å². The van der Waals surface area contributed by atoms with E-state index in [0.29, 0.717) is 6.04 Å². The molecule has 0 radical (unpaired) electrons. The van der Waals surface area contributed by atoms with Gasteiger partial charge >= 0.3 is 6.09 Å². The summed E-state index contributed by atoms with van der Waals surface area (Å²) < 4.78 is 5.27. The highest BCUT2D eigenvalue weighted by atomic mass is 16.6. The molecule has 0 aromatic carbocycles. The van der Waals surface area contributed by atoms with E-state index in [1.165, 1.54) is 32.5 Å². The molecule has 0 aliphatic carbocycles. The topological polar surface area (TPSA) is 53.6 Å². The second kappa shape index (κ2) is 6.97. The number of ether oxygens (including phenoxy) is 1. The molecule has 21 heavy (non-hydrogen) atoms. The number of fused-ring (bicyclic) bond motifs is 2. The van der Waals surface area contributed by atoms with Gasteiger partial charge in [0.05, 0.1) is 0 Å². The van der Waals surface area contributed by atoms with E-state index in [0.717, 1.165) is 18.9 Å². The van der Waals surface area contributed by atoms with Gasteiger partial charge in [-0.3, -0.25) is 0 Å². The number of piperidine rings is 1. The van der Waals surface area contributed by atoms with E-state index in [-0.39, 0.29) is 12.1 Å². The number of carbonyl (C=O) groups is 1. The van der Waals surface area contributed by atoms with Crippen LogP contribution in [0.15, 0.2) is 0 Å². The summed E-state index contributed by atoms with van der Waals surface area (Å²) in [5.74, 6) is 0.827. The Balaban J connectivity index is 1.61. The highest BCUT2D eigenvalue weighted by Crippen LogP contribution is 2.26. The standard InChI is InChI=1S/C16H31N3O2/c1-12(18-15(20)21-16(2,3)4)5-8-17-14-7-10-19-9-6-13(14)11-19/h12-14,17H,5-11H2,1-4H3,(H,18,20). The Kier molecular flexibility index (Phi) is 5.49. The van der Waals surface area contributed by atoms with Gasteiger partial charge < -0.3 is 20.3 Å². The Bertz CT molecular complexity index is 354. The summed E-state index contributed by atoms with van der Waals surface area (Å²) in [6, 6.07) is 0.800. The van der Waals surface area contributed by atoms with Crippen LogP contribution >= 0.6 is 0 Å². The van der Waals surface area contributed by atoms with Crippen molar-refractivity contribution < 1.29 is 9.53 Å². The summed E-state index contributed by atoms with van der Waals surface area (Å²) >= 11 is 0. The highest BCUT2D eigenvalue weighted by molar-refractivity contribution is 5.67. The molecule has 2 saturated heterocycles. The molecule has 4 unspecified atom stereocenters. The minimum atomic E-state index is -0.432. The van der Waals surface area contributed by atoms with Gasteiger partial charge in [0.15, 0.2) is 0 Å². The number of nitrogens with one attached hydrogen (secondary N) is 2. The number of alkyl carbamates (subject to hydrolysis) is 1. The molecule has 4 atom stereocenters. The lowest BCUT2D eigenvalue weighted by molar-refractivity contribution is 0.0506. The third kappa shape index (κ3) is 5.47. The molecular formula is C16H31N3O2. The zero-order valence-electron chi connectivity index (χ0n) is 13.9. The zero-order chi connectivity index (χ0) is 15.5. The van der Waals surface area contributed by atoms with Gasteiger partial charge in [-0.15, -0.1) is 0 Å². The van der Waals surface area contributed by atoms with E-state index in [2.05, 4.69) is 15.5 Å². The van der Waals surface area contributed by atoms with Gasteiger partial charge in [0, 0.05) is 18.6 Å². The maximum atomic E-state index is 11.7. The Morgan fingerprint density at radius 2 is 2.05 bits per heavy atom. The van der Waals surface area contributed by atoms with Crippen LogP contribution in [-0.2, 0) is 4.74 Å². The Morgan fingerprint density at radius 1 is 1.33 bits per heavy atom. The van der Waals surface area contributed by atoms with Crippen molar-refractivity contribution in [1.29, 1.82) is 0 Å². The van der Waals surface area contributed by atoms with Gasteiger partial charge in [0.25, 0.3) is 0 Å². The molecule has 2 rings (SSSR count). The number of hydrogen-bond donors (Lipinski definition) is 2. The van der Waals surface area contributed by atoms with Gasteiger partial charge in [-0.1, -0.05) is 0 Å². The molecule has 2 fully saturated rings. The first-order valence-electron chi connectivity index (χ1n) is 8.29. The van der Waals surface area contributed by atoms with Crippen LogP contribution in [0.5, 0.6) is 0 Å².